The maximum Gasteiger partial charge on any atom is 0.223 e. The van der Waals surface area contributed by atoms with E-state index in [1.165, 1.54) is 19.3 Å². The van der Waals surface area contributed by atoms with Crippen molar-refractivity contribution in [1.82, 2.24) is 19.9 Å². The van der Waals surface area contributed by atoms with E-state index in [0.717, 1.165) is 31.8 Å². The van der Waals surface area contributed by atoms with Gasteiger partial charge in [0.1, 0.15) is 11.9 Å². The van der Waals surface area contributed by atoms with Crippen LogP contribution in [0.4, 0.5) is 5.95 Å². The Labute approximate surface area is 119 Å². The molecule has 0 radical (unpaired) electrons. The molecule has 1 aliphatic carbocycles. The number of hydrogen-bond acceptors (Lipinski definition) is 6. The summed E-state index contributed by atoms with van der Waals surface area (Å²) in [5, 5.41) is 0. The monoisotopic (exact) mass is 277 g/mol. The average Bonchev–Trinajstić information content (AvgIpc) is 2.47. The molecule has 20 heavy (non-hydrogen) atoms. The van der Waals surface area contributed by atoms with Crippen molar-refractivity contribution in [1.29, 1.82) is 0 Å². The Morgan fingerprint density at radius 2 is 1.85 bits per heavy atom. The third-order valence-electron chi connectivity index (χ3n) is 4.22. The molecule has 2 N–H and O–H groups in total. The third-order valence-corrected chi connectivity index (χ3v) is 4.22. The maximum absolute atomic E-state index is 5.88. The van der Waals surface area contributed by atoms with E-state index in [9.17, 15) is 0 Å². The smallest absolute Gasteiger partial charge is 0.223 e. The molecule has 3 rings (SSSR count). The molecule has 1 aliphatic heterocycles. The number of likely N-dealkylation sites (N-methyl/N-ethyl adjacent to an activating group) is 1. The third kappa shape index (κ3) is 3.07. The molecule has 0 aromatic carbocycles. The van der Waals surface area contributed by atoms with Crippen molar-refractivity contribution in [3.63, 3.8) is 0 Å². The zero-order valence-electron chi connectivity index (χ0n) is 12.1. The fraction of sp³-hybridized carbons (Fsp3) is 0.786. The predicted octanol–water partition coefficient (Wildman–Crippen LogP) is 1.50. The molecule has 1 aromatic rings. The molecule has 0 bridgehead atoms. The number of nitrogens with two attached hydrogens (primary N) is 1. The van der Waals surface area contributed by atoms with Crippen LogP contribution in [0.15, 0.2) is 0 Å². The van der Waals surface area contributed by atoms with E-state index in [4.69, 9.17) is 10.5 Å². The minimum atomic E-state index is -0.0820. The van der Waals surface area contributed by atoms with Crippen molar-refractivity contribution in [2.75, 3.05) is 32.5 Å². The van der Waals surface area contributed by atoms with Crippen LogP contribution in [0.25, 0.3) is 0 Å². The summed E-state index contributed by atoms with van der Waals surface area (Å²) < 4.78 is 5.78. The lowest BCUT2D eigenvalue weighted by molar-refractivity contribution is -0.0256. The molecular weight excluding hydrogens is 254 g/mol. The number of hydrogen-bond donors (Lipinski definition) is 1. The van der Waals surface area contributed by atoms with Crippen molar-refractivity contribution in [2.45, 2.75) is 44.1 Å². The lowest BCUT2D eigenvalue weighted by Gasteiger charge is -2.29. The first-order valence-corrected chi connectivity index (χ1v) is 7.54. The highest BCUT2D eigenvalue weighted by atomic mass is 16.5. The topological polar surface area (TPSA) is 77.2 Å². The molecule has 1 unspecified atom stereocenters. The lowest BCUT2D eigenvalue weighted by Crippen LogP contribution is -2.36. The van der Waals surface area contributed by atoms with Crippen molar-refractivity contribution in [3.05, 3.63) is 11.6 Å². The van der Waals surface area contributed by atoms with Crippen molar-refractivity contribution < 1.29 is 4.74 Å². The van der Waals surface area contributed by atoms with Gasteiger partial charge in [-0.25, -0.2) is 4.98 Å². The summed E-state index contributed by atoms with van der Waals surface area (Å²) in [5.41, 5.74) is 5.88. The highest BCUT2D eigenvalue weighted by molar-refractivity contribution is 5.19. The second-order valence-electron chi connectivity index (χ2n) is 5.87. The van der Waals surface area contributed by atoms with E-state index in [1.807, 2.05) is 0 Å². The molecule has 1 atom stereocenters. The van der Waals surface area contributed by atoms with E-state index >= 15 is 0 Å². The molecule has 0 amide bonds. The van der Waals surface area contributed by atoms with Gasteiger partial charge in [0.05, 0.1) is 6.61 Å². The van der Waals surface area contributed by atoms with Crippen LogP contribution in [0.2, 0.25) is 0 Å². The number of rotatable bonds is 2. The van der Waals surface area contributed by atoms with E-state index in [0.29, 0.717) is 24.3 Å². The Balaban J connectivity index is 1.82. The minimum absolute atomic E-state index is 0.0820. The van der Waals surface area contributed by atoms with Crippen molar-refractivity contribution in [2.24, 2.45) is 0 Å². The Kier molecular flexibility index (Phi) is 4.12. The van der Waals surface area contributed by atoms with Gasteiger partial charge in [0.2, 0.25) is 5.95 Å². The fourth-order valence-corrected chi connectivity index (χ4v) is 3.05. The van der Waals surface area contributed by atoms with Crippen LogP contribution in [0.1, 0.15) is 55.8 Å². The molecule has 2 aliphatic rings. The van der Waals surface area contributed by atoms with Crippen LogP contribution >= 0.6 is 0 Å². The number of nitrogen functional groups attached to an aromatic ring is 1. The zero-order chi connectivity index (χ0) is 13.9. The van der Waals surface area contributed by atoms with E-state index < -0.39 is 0 Å². The standard InChI is InChI=1S/C14H23N5O/c1-19-7-8-20-11(9-19)13-16-12(17-14(15)18-13)10-5-3-2-4-6-10/h10-11H,2-9H2,1H3,(H2,15,16,17,18). The largest absolute Gasteiger partial charge is 0.368 e. The highest BCUT2D eigenvalue weighted by Crippen LogP contribution is 2.31. The number of aromatic nitrogens is 3. The number of morpholine rings is 1. The number of nitrogens with zero attached hydrogens (tertiary/aromatic N) is 4. The Morgan fingerprint density at radius 3 is 2.60 bits per heavy atom. The minimum Gasteiger partial charge on any atom is -0.368 e. The molecule has 6 nitrogen and oxygen atoms in total. The summed E-state index contributed by atoms with van der Waals surface area (Å²) in [6.45, 7) is 2.48. The number of ether oxygens (including phenoxy) is 1. The van der Waals surface area contributed by atoms with E-state index in [-0.39, 0.29) is 6.10 Å². The van der Waals surface area contributed by atoms with E-state index in [1.54, 1.807) is 0 Å². The van der Waals surface area contributed by atoms with Gasteiger partial charge in [0.15, 0.2) is 5.82 Å². The van der Waals surface area contributed by atoms with Gasteiger partial charge in [-0.05, 0) is 19.9 Å². The Hall–Kier alpha value is -1.27. The summed E-state index contributed by atoms with van der Waals surface area (Å²) in [6.07, 6.45) is 6.08. The summed E-state index contributed by atoms with van der Waals surface area (Å²) in [7, 11) is 2.09. The highest BCUT2D eigenvalue weighted by Gasteiger charge is 2.25. The summed E-state index contributed by atoms with van der Waals surface area (Å²) >= 11 is 0. The molecule has 1 saturated carbocycles. The van der Waals surface area contributed by atoms with Crippen LogP contribution in [-0.4, -0.2) is 46.6 Å². The maximum atomic E-state index is 5.88. The quantitative estimate of drug-likeness (QED) is 0.883. The van der Waals surface area contributed by atoms with Gasteiger partial charge in [-0.3, -0.25) is 0 Å². The molecular formula is C14H23N5O. The summed E-state index contributed by atoms with van der Waals surface area (Å²) in [5.74, 6) is 2.33. The van der Waals surface area contributed by atoms with Gasteiger partial charge in [0, 0.05) is 19.0 Å². The zero-order valence-corrected chi connectivity index (χ0v) is 12.1. The van der Waals surface area contributed by atoms with Gasteiger partial charge in [0.25, 0.3) is 0 Å². The molecule has 110 valence electrons. The second-order valence-corrected chi connectivity index (χ2v) is 5.87. The first kappa shape index (κ1) is 13.7. The molecule has 2 heterocycles. The first-order valence-electron chi connectivity index (χ1n) is 7.54. The van der Waals surface area contributed by atoms with Gasteiger partial charge in [-0.2, -0.15) is 9.97 Å². The molecule has 0 spiro atoms. The van der Waals surface area contributed by atoms with Crippen LogP contribution in [0, 0.1) is 0 Å². The van der Waals surface area contributed by atoms with Crippen LogP contribution in [-0.2, 0) is 4.74 Å². The SMILES string of the molecule is CN1CCOC(c2nc(N)nc(C3CCCCC3)n2)C1. The lowest BCUT2D eigenvalue weighted by atomic mass is 9.89. The molecule has 1 saturated heterocycles. The van der Waals surface area contributed by atoms with Gasteiger partial charge < -0.3 is 15.4 Å². The Morgan fingerprint density at radius 1 is 1.10 bits per heavy atom. The van der Waals surface area contributed by atoms with Gasteiger partial charge in [-0.1, -0.05) is 19.3 Å². The normalized spacial score (nSPS) is 25.8. The van der Waals surface area contributed by atoms with Crippen LogP contribution in [0.5, 0.6) is 0 Å². The van der Waals surface area contributed by atoms with Crippen LogP contribution in [0.3, 0.4) is 0 Å². The average molecular weight is 277 g/mol. The molecule has 6 heteroatoms. The van der Waals surface area contributed by atoms with E-state index in [2.05, 4.69) is 26.9 Å². The molecule has 1 aromatic heterocycles. The van der Waals surface area contributed by atoms with Crippen LogP contribution < -0.4 is 5.73 Å². The fourth-order valence-electron chi connectivity index (χ4n) is 3.05. The van der Waals surface area contributed by atoms with Crippen molar-refractivity contribution >= 4 is 5.95 Å². The predicted molar refractivity (Wildman–Crippen MR) is 76.3 cm³/mol. The number of anilines is 1. The molecule has 2 fully saturated rings. The Bertz CT molecular complexity index is 461. The summed E-state index contributed by atoms with van der Waals surface area (Å²) in [6, 6.07) is 0. The first-order chi connectivity index (χ1) is 9.72. The second kappa shape index (κ2) is 6.01. The van der Waals surface area contributed by atoms with Crippen molar-refractivity contribution in [3.8, 4) is 0 Å². The summed E-state index contributed by atoms with van der Waals surface area (Å²) in [4.78, 5) is 15.5. The van der Waals surface area contributed by atoms with Gasteiger partial charge in [-0.15, -0.1) is 0 Å². The van der Waals surface area contributed by atoms with Gasteiger partial charge >= 0.3 is 0 Å².